The van der Waals surface area contributed by atoms with E-state index in [9.17, 15) is 9.59 Å². The van der Waals surface area contributed by atoms with Crippen molar-refractivity contribution >= 4 is 40.9 Å². The van der Waals surface area contributed by atoms with Gasteiger partial charge < -0.3 is 19.9 Å². The number of aryl methyl sites for hydroxylation is 1. The number of anilines is 1. The minimum absolute atomic E-state index is 0.0922. The Bertz CT molecular complexity index is 1200. The number of hydrogen-bond acceptors (Lipinski definition) is 6. The van der Waals surface area contributed by atoms with Crippen molar-refractivity contribution in [1.82, 2.24) is 20.1 Å². The fraction of sp³-hybridized carbons (Fsp3) is 0.250. The van der Waals surface area contributed by atoms with Gasteiger partial charge in [-0.15, -0.1) is 16.8 Å². The molecule has 3 aromatic rings. The Morgan fingerprint density at radius 1 is 1.26 bits per heavy atom. The SMILES string of the molecule is C=CCn1c(SCC(=O)Nc2cc(Cl)ccc2OC)nnc1[C@H](C)NC(=O)c1cccc(C)c1. The Balaban J connectivity index is 1.68. The van der Waals surface area contributed by atoms with E-state index in [0.29, 0.717) is 39.5 Å². The molecule has 0 aliphatic carbocycles. The number of rotatable bonds is 10. The predicted molar refractivity (Wildman–Crippen MR) is 135 cm³/mol. The maximum Gasteiger partial charge on any atom is 0.251 e. The number of hydrogen-bond donors (Lipinski definition) is 2. The summed E-state index contributed by atoms with van der Waals surface area (Å²) in [4.78, 5) is 25.2. The van der Waals surface area contributed by atoms with Gasteiger partial charge in [0, 0.05) is 17.1 Å². The van der Waals surface area contributed by atoms with Crippen LogP contribution in [0.5, 0.6) is 5.75 Å². The highest BCUT2D eigenvalue weighted by Gasteiger charge is 2.21. The first-order valence-electron chi connectivity index (χ1n) is 10.5. The fourth-order valence-electron chi connectivity index (χ4n) is 3.25. The van der Waals surface area contributed by atoms with Crippen LogP contribution in [0.15, 0.2) is 60.3 Å². The van der Waals surface area contributed by atoms with Crippen LogP contribution < -0.4 is 15.4 Å². The van der Waals surface area contributed by atoms with Gasteiger partial charge in [-0.05, 0) is 44.2 Å². The standard InChI is InChI=1S/C24H26ClN5O3S/c1-5-11-30-22(16(3)26-23(32)17-8-6-7-15(2)12-17)28-29-24(30)34-14-21(31)27-19-13-18(25)9-10-20(19)33-4/h5-10,12-13,16H,1,11,14H2,2-4H3,(H,26,32)(H,27,31)/t16-/m0/s1. The summed E-state index contributed by atoms with van der Waals surface area (Å²) in [5.41, 5.74) is 2.06. The Morgan fingerprint density at radius 3 is 2.76 bits per heavy atom. The number of methoxy groups -OCH3 is 1. The summed E-state index contributed by atoms with van der Waals surface area (Å²) in [5.74, 6) is 0.724. The number of ether oxygens (including phenoxy) is 1. The average molecular weight is 500 g/mol. The number of carbonyl (C=O) groups excluding carboxylic acids is 2. The van der Waals surface area contributed by atoms with Gasteiger partial charge in [-0.2, -0.15) is 0 Å². The van der Waals surface area contributed by atoms with Gasteiger partial charge in [0.15, 0.2) is 11.0 Å². The number of nitrogens with one attached hydrogen (secondary N) is 2. The molecule has 0 saturated heterocycles. The Kier molecular flexibility index (Phi) is 8.72. The van der Waals surface area contributed by atoms with E-state index in [-0.39, 0.29) is 17.6 Å². The van der Waals surface area contributed by atoms with E-state index in [1.807, 2.05) is 36.6 Å². The predicted octanol–water partition coefficient (Wildman–Crippen LogP) is 4.66. The molecule has 0 radical (unpaired) electrons. The lowest BCUT2D eigenvalue weighted by Crippen LogP contribution is -2.29. The highest BCUT2D eigenvalue weighted by Crippen LogP contribution is 2.28. The molecule has 3 rings (SSSR count). The van der Waals surface area contributed by atoms with Crippen LogP contribution in [0.2, 0.25) is 5.02 Å². The zero-order valence-corrected chi connectivity index (χ0v) is 20.7. The number of thioether (sulfide) groups is 1. The van der Waals surface area contributed by atoms with Crippen molar-refractivity contribution in [2.24, 2.45) is 0 Å². The molecule has 2 N–H and O–H groups in total. The summed E-state index contributed by atoms with van der Waals surface area (Å²) in [5, 5.41) is 15.3. The van der Waals surface area contributed by atoms with Crippen molar-refractivity contribution in [3.05, 3.63) is 77.1 Å². The van der Waals surface area contributed by atoms with Crippen LogP contribution >= 0.6 is 23.4 Å². The normalized spacial score (nSPS) is 11.5. The fourth-order valence-corrected chi connectivity index (χ4v) is 4.18. The first-order chi connectivity index (χ1) is 16.3. The monoisotopic (exact) mass is 499 g/mol. The first kappa shape index (κ1) is 25.3. The summed E-state index contributed by atoms with van der Waals surface area (Å²) < 4.78 is 7.09. The van der Waals surface area contributed by atoms with Crippen LogP contribution in [0.1, 0.15) is 34.7 Å². The zero-order chi connectivity index (χ0) is 24.7. The van der Waals surface area contributed by atoms with E-state index in [2.05, 4.69) is 27.4 Å². The van der Waals surface area contributed by atoms with E-state index in [4.69, 9.17) is 16.3 Å². The molecular weight excluding hydrogens is 474 g/mol. The van der Waals surface area contributed by atoms with Crippen LogP contribution in [-0.2, 0) is 11.3 Å². The van der Waals surface area contributed by atoms with Crippen molar-refractivity contribution in [2.75, 3.05) is 18.2 Å². The van der Waals surface area contributed by atoms with Crippen molar-refractivity contribution in [3.8, 4) is 5.75 Å². The molecule has 0 saturated carbocycles. The van der Waals surface area contributed by atoms with Gasteiger partial charge in [-0.3, -0.25) is 9.59 Å². The molecule has 0 aliphatic heterocycles. The van der Waals surface area contributed by atoms with Crippen molar-refractivity contribution in [2.45, 2.75) is 31.6 Å². The quantitative estimate of drug-likeness (QED) is 0.311. The maximum atomic E-state index is 12.7. The smallest absolute Gasteiger partial charge is 0.251 e. The van der Waals surface area contributed by atoms with Crippen LogP contribution in [0.25, 0.3) is 0 Å². The van der Waals surface area contributed by atoms with E-state index < -0.39 is 6.04 Å². The van der Waals surface area contributed by atoms with Crippen LogP contribution in [-0.4, -0.2) is 39.4 Å². The number of amides is 2. The molecule has 8 nitrogen and oxygen atoms in total. The van der Waals surface area contributed by atoms with Crippen molar-refractivity contribution in [3.63, 3.8) is 0 Å². The third-order valence-electron chi connectivity index (χ3n) is 4.84. The minimum Gasteiger partial charge on any atom is -0.495 e. The average Bonchev–Trinajstić information content (AvgIpc) is 3.21. The van der Waals surface area contributed by atoms with Crippen LogP contribution in [0, 0.1) is 6.92 Å². The number of halogens is 1. The largest absolute Gasteiger partial charge is 0.495 e. The molecule has 2 aromatic carbocycles. The lowest BCUT2D eigenvalue weighted by Gasteiger charge is -2.15. The first-order valence-corrected chi connectivity index (χ1v) is 11.9. The lowest BCUT2D eigenvalue weighted by molar-refractivity contribution is -0.113. The van der Waals surface area contributed by atoms with Gasteiger partial charge in [0.05, 0.1) is 24.6 Å². The molecule has 1 aromatic heterocycles. The third kappa shape index (κ3) is 6.39. The summed E-state index contributed by atoms with van der Waals surface area (Å²) >= 11 is 7.26. The molecule has 0 aliphatic rings. The maximum absolute atomic E-state index is 12.7. The highest BCUT2D eigenvalue weighted by molar-refractivity contribution is 7.99. The topological polar surface area (TPSA) is 98.1 Å². The van der Waals surface area contributed by atoms with Gasteiger partial charge >= 0.3 is 0 Å². The molecule has 34 heavy (non-hydrogen) atoms. The molecule has 0 fully saturated rings. The van der Waals surface area contributed by atoms with Gasteiger partial charge in [0.25, 0.3) is 5.91 Å². The number of carbonyl (C=O) groups is 2. The molecule has 10 heteroatoms. The van der Waals surface area contributed by atoms with E-state index in [0.717, 1.165) is 5.56 Å². The van der Waals surface area contributed by atoms with E-state index >= 15 is 0 Å². The molecule has 0 unspecified atom stereocenters. The number of aromatic nitrogens is 3. The minimum atomic E-state index is -0.403. The van der Waals surface area contributed by atoms with Crippen LogP contribution in [0.4, 0.5) is 5.69 Å². The molecule has 1 atom stereocenters. The lowest BCUT2D eigenvalue weighted by atomic mass is 10.1. The van der Waals surface area contributed by atoms with E-state index in [1.54, 1.807) is 30.3 Å². The summed E-state index contributed by atoms with van der Waals surface area (Å²) in [6.07, 6.45) is 1.71. The summed E-state index contributed by atoms with van der Waals surface area (Å²) in [6, 6.07) is 12.0. The van der Waals surface area contributed by atoms with Gasteiger partial charge in [0.1, 0.15) is 5.75 Å². The number of benzene rings is 2. The summed E-state index contributed by atoms with van der Waals surface area (Å²) in [6.45, 7) is 8.00. The second-order valence-electron chi connectivity index (χ2n) is 7.49. The second-order valence-corrected chi connectivity index (χ2v) is 8.87. The number of allylic oxidation sites excluding steroid dienone is 1. The Hall–Kier alpha value is -3.30. The van der Waals surface area contributed by atoms with Crippen molar-refractivity contribution < 1.29 is 14.3 Å². The zero-order valence-electron chi connectivity index (χ0n) is 19.2. The Morgan fingerprint density at radius 2 is 2.06 bits per heavy atom. The van der Waals surface area contributed by atoms with Crippen molar-refractivity contribution in [1.29, 1.82) is 0 Å². The third-order valence-corrected chi connectivity index (χ3v) is 6.04. The van der Waals surface area contributed by atoms with Crippen LogP contribution in [0.3, 0.4) is 0 Å². The van der Waals surface area contributed by atoms with Gasteiger partial charge in [0.2, 0.25) is 5.91 Å². The molecule has 2 amide bonds. The Labute approximate surface area is 207 Å². The molecule has 0 spiro atoms. The molecule has 1 heterocycles. The molecule has 0 bridgehead atoms. The van der Waals surface area contributed by atoms with Gasteiger partial charge in [-0.25, -0.2) is 0 Å². The summed E-state index contributed by atoms with van der Waals surface area (Å²) in [7, 11) is 1.52. The second kappa shape index (κ2) is 11.7. The highest BCUT2D eigenvalue weighted by atomic mass is 35.5. The van der Waals surface area contributed by atoms with E-state index in [1.165, 1.54) is 18.9 Å². The molecule has 178 valence electrons. The molecular formula is C24H26ClN5O3S. The van der Waals surface area contributed by atoms with Gasteiger partial charge in [-0.1, -0.05) is 47.1 Å². The number of nitrogens with zero attached hydrogens (tertiary/aromatic N) is 3.